The largest absolute Gasteiger partial charge is 0.497 e. The fraction of sp³-hybridized carbons (Fsp3) is 0.472. The van der Waals surface area contributed by atoms with Crippen LogP contribution in [0.4, 0.5) is 15.0 Å². The maximum Gasteiger partial charge on any atom is 0.410 e. The molecular weight excluding hydrogens is 599 g/mol. The lowest BCUT2D eigenvalue weighted by Crippen LogP contribution is -2.55. The first-order chi connectivity index (χ1) is 22.3. The SMILES string of the molecule is COc1ccc(F)c(-c2nc3c(cc2C2CC2)c(N2CCN(C(=O)OC(C)(C)C)CC2C)nc(=O)n3-c2c(C)ccnc2C(C)C)c1. The van der Waals surface area contributed by atoms with Crippen molar-refractivity contribution in [3.63, 3.8) is 0 Å². The molecule has 0 N–H and O–H groups in total. The maximum atomic E-state index is 15.6. The summed E-state index contributed by atoms with van der Waals surface area (Å²) in [5, 5.41) is 0.689. The second-order valence-corrected chi connectivity index (χ2v) is 14.0. The number of methoxy groups -OCH3 is 1. The van der Waals surface area contributed by atoms with E-state index in [1.165, 1.54) is 10.6 Å². The van der Waals surface area contributed by atoms with Gasteiger partial charge in [0, 0.05) is 37.4 Å². The molecule has 3 aromatic heterocycles. The molecule has 248 valence electrons. The fourth-order valence-electron chi connectivity index (χ4n) is 6.35. The number of hydrogen-bond donors (Lipinski definition) is 0. The van der Waals surface area contributed by atoms with Gasteiger partial charge in [0.2, 0.25) is 0 Å². The highest BCUT2D eigenvalue weighted by Crippen LogP contribution is 2.46. The summed E-state index contributed by atoms with van der Waals surface area (Å²) in [5.41, 5.74) is 3.19. The number of pyridine rings is 2. The predicted octanol–water partition coefficient (Wildman–Crippen LogP) is 6.75. The van der Waals surface area contributed by atoms with E-state index in [2.05, 4.69) is 9.88 Å². The van der Waals surface area contributed by atoms with Crippen LogP contribution in [0, 0.1) is 12.7 Å². The van der Waals surface area contributed by atoms with Crippen LogP contribution in [0.15, 0.2) is 41.3 Å². The predicted molar refractivity (Wildman–Crippen MR) is 180 cm³/mol. The minimum absolute atomic E-state index is 0.00789. The van der Waals surface area contributed by atoms with E-state index < -0.39 is 17.1 Å². The molecule has 2 aliphatic rings. The average molecular weight is 643 g/mol. The number of carbonyl (C=O) groups is 1. The van der Waals surface area contributed by atoms with Crippen molar-refractivity contribution in [3.8, 4) is 22.7 Å². The Morgan fingerprint density at radius 1 is 1.09 bits per heavy atom. The number of halogens is 1. The number of fused-ring (bicyclic) bond motifs is 1. The molecule has 1 atom stereocenters. The van der Waals surface area contributed by atoms with Crippen LogP contribution in [-0.4, -0.2) is 68.9 Å². The molecule has 0 radical (unpaired) electrons. The summed E-state index contributed by atoms with van der Waals surface area (Å²) in [6, 6.07) is 8.37. The third kappa shape index (κ3) is 6.27. The van der Waals surface area contributed by atoms with Crippen LogP contribution in [0.1, 0.15) is 83.0 Å². The Morgan fingerprint density at radius 3 is 2.47 bits per heavy atom. The number of amides is 1. The highest BCUT2D eigenvalue weighted by atomic mass is 19.1. The molecule has 4 aromatic rings. The molecule has 1 saturated heterocycles. The van der Waals surface area contributed by atoms with Gasteiger partial charge in [0.25, 0.3) is 0 Å². The Balaban J connectivity index is 1.59. The molecular formula is C36H43FN6O4. The summed E-state index contributed by atoms with van der Waals surface area (Å²) >= 11 is 0. The maximum absolute atomic E-state index is 15.6. The van der Waals surface area contributed by atoms with Gasteiger partial charge in [0.05, 0.1) is 29.6 Å². The van der Waals surface area contributed by atoms with Crippen molar-refractivity contribution >= 4 is 22.9 Å². The van der Waals surface area contributed by atoms with Crippen molar-refractivity contribution < 1.29 is 18.7 Å². The van der Waals surface area contributed by atoms with Gasteiger partial charge in [0.15, 0.2) is 5.65 Å². The molecule has 10 nitrogen and oxygen atoms in total. The summed E-state index contributed by atoms with van der Waals surface area (Å²) in [4.78, 5) is 45.5. The lowest BCUT2D eigenvalue weighted by Gasteiger charge is -2.41. The van der Waals surface area contributed by atoms with Gasteiger partial charge in [-0.3, -0.25) is 4.98 Å². The molecule has 1 amide bonds. The molecule has 1 aliphatic heterocycles. The lowest BCUT2D eigenvalue weighted by molar-refractivity contribution is 0.0218. The molecule has 1 aliphatic carbocycles. The van der Waals surface area contributed by atoms with Crippen molar-refractivity contribution in [3.05, 3.63) is 69.7 Å². The molecule has 1 unspecified atom stereocenters. The summed E-state index contributed by atoms with van der Waals surface area (Å²) in [5.74, 6) is 0.800. The topological polar surface area (TPSA) is 103 Å². The summed E-state index contributed by atoms with van der Waals surface area (Å²) in [7, 11) is 1.55. The quantitative estimate of drug-likeness (QED) is 0.228. The summed E-state index contributed by atoms with van der Waals surface area (Å²) < 4.78 is 28.2. The molecule has 1 saturated carbocycles. The van der Waals surface area contributed by atoms with Gasteiger partial charge in [-0.1, -0.05) is 13.8 Å². The number of nitrogens with zero attached hydrogens (tertiary/aromatic N) is 6. The van der Waals surface area contributed by atoms with Crippen molar-refractivity contribution in [2.24, 2.45) is 0 Å². The van der Waals surface area contributed by atoms with Gasteiger partial charge >= 0.3 is 11.8 Å². The molecule has 0 spiro atoms. The van der Waals surface area contributed by atoms with Crippen LogP contribution < -0.4 is 15.3 Å². The minimum atomic E-state index is -0.607. The smallest absolute Gasteiger partial charge is 0.410 e. The number of aromatic nitrogens is 4. The highest BCUT2D eigenvalue weighted by Gasteiger charge is 2.35. The lowest BCUT2D eigenvalue weighted by atomic mass is 9.99. The van der Waals surface area contributed by atoms with Crippen LogP contribution >= 0.6 is 0 Å². The van der Waals surface area contributed by atoms with Crippen LogP contribution in [0.3, 0.4) is 0 Å². The zero-order chi connectivity index (χ0) is 33.8. The number of rotatable bonds is 6. The third-order valence-corrected chi connectivity index (χ3v) is 8.80. The zero-order valence-corrected chi connectivity index (χ0v) is 28.4. The van der Waals surface area contributed by atoms with Gasteiger partial charge in [0.1, 0.15) is 23.0 Å². The number of aryl methyl sites for hydroxylation is 1. The number of anilines is 1. The molecule has 11 heteroatoms. The van der Waals surface area contributed by atoms with Crippen molar-refractivity contribution in [1.82, 2.24) is 24.4 Å². The second-order valence-electron chi connectivity index (χ2n) is 14.0. The number of benzene rings is 1. The number of hydrogen-bond acceptors (Lipinski definition) is 8. The first kappa shape index (κ1) is 32.4. The van der Waals surface area contributed by atoms with Gasteiger partial charge in [-0.25, -0.2) is 23.5 Å². The number of carbonyl (C=O) groups excluding carboxylic acids is 1. The Morgan fingerprint density at radius 2 is 1.83 bits per heavy atom. The Bertz CT molecular complexity index is 1910. The van der Waals surface area contributed by atoms with E-state index in [1.807, 2.05) is 60.6 Å². The van der Waals surface area contributed by atoms with Crippen molar-refractivity contribution in [2.75, 3.05) is 31.6 Å². The Labute approximate surface area is 274 Å². The average Bonchev–Trinajstić information content (AvgIpc) is 3.86. The molecule has 47 heavy (non-hydrogen) atoms. The first-order valence-electron chi connectivity index (χ1n) is 16.3. The van der Waals surface area contributed by atoms with Crippen LogP contribution in [0.2, 0.25) is 0 Å². The molecule has 2 fully saturated rings. The minimum Gasteiger partial charge on any atom is -0.497 e. The normalized spacial score (nSPS) is 17.0. The molecule has 6 rings (SSSR count). The van der Waals surface area contributed by atoms with Crippen LogP contribution in [0.25, 0.3) is 28.0 Å². The van der Waals surface area contributed by atoms with E-state index in [1.54, 1.807) is 30.3 Å². The van der Waals surface area contributed by atoms with Crippen molar-refractivity contribution in [1.29, 1.82) is 0 Å². The monoisotopic (exact) mass is 642 g/mol. The Kier molecular flexibility index (Phi) is 8.44. The number of piperazine rings is 1. The van der Waals surface area contributed by atoms with Gasteiger partial charge in [-0.05, 0) is 101 Å². The van der Waals surface area contributed by atoms with E-state index in [0.29, 0.717) is 59.2 Å². The van der Waals surface area contributed by atoms with Crippen LogP contribution in [-0.2, 0) is 4.74 Å². The standard InChI is InChI=1S/C36H43FN6O4/c1-20(2)29-31(21(3)13-14-38-29)43-33-27(18-25(23-9-10-23)30(39-33)26-17-24(46-8)11-12-28(26)37)32(40-34(43)44)42-16-15-41(19-22(42)4)35(45)47-36(5,6)7/h11-14,17-18,20,22-23H,9-10,15-16,19H2,1-8H3. The van der Waals surface area contributed by atoms with E-state index in [4.69, 9.17) is 19.4 Å². The van der Waals surface area contributed by atoms with E-state index >= 15 is 4.39 Å². The Hall–Kier alpha value is -4.54. The van der Waals surface area contributed by atoms with Gasteiger partial charge in [-0.15, -0.1) is 0 Å². The van der Waals surface area contributed by atoms with Gasteiger partial charge < -0.3 is 19.3 Å². The van der Waals surface area contributed by atoms with E-state index in [9.17, 15) is 9.59 Å². The van der Waals surface area contributed by atoms with Crippen LogP contribution in [0.5, 0.6) is 5.75 Å². The van der Waals surface area contributed by atoms with Crippen molar-refractivity contribution in [2.45, 2.75) is 84.8 Å². The first-order valence-corrected chi connectivity index (χ1v) is 16.3. The summed E-state index contributed by atoms with van der Waals surface area (Å²) in [6.45, 7) is 14.8. The fourth-order valence-corrected chi connectivity index (χ4v) is 6.35. The molecule has 1 aromatic carbocycles. The zero-order valence-electron chi connectivity index (χ0n) is 28.4. The highest BCUT2D eigenvalue weighted by molar-refractivity contribution is 5.92. The number of ether oxygens (including phenoxy) is 2. The molecule has 4 heterocycles. The van der Waals surface area contributed by atoms with E-state index in [-0.39, 0.29) is 24.0 Å². The summed E-state index contributed by atoms with van der Waals surface area (Å²) in [6.07, 6.45) is 3.29. The van der Waals surface area contributed by atoms with E-state index in [0.717, 1.165) is 29.7 Å². The second kappa shape index (κ2) is 12.2. The van der Waals surface area contributed by atoms with Gasteiger partial charge in [-0.2, -0.15) is 4.98 Å². The molecule has 0 bridgehead atoms. The third-order valence-electron chi connectivity index (χ3n) is 8.80.